The predicted molar refractivity (Wildman–Crippen MR) is 73.8 cm³/mol. The van der Waals surface area contributed by atoms with E-state index in [-0.39, 0.29) is 0 Å². The fraction of sp³-hybridized carbons (Fsp3) is 0.429. The van der Waals surface area contributed by atoms with Crippen LogP contribution in [0, 0.1) is 0 Å². The van der Waals surface area contributed by atoms with Gasteiger partial charge in [0.2, 0.25) is 8.32 Å². The van der Waals surface area contributed by atoms with E-state index in [1.165, 1.54) is 10.8 Å². The summed E-state index contributed by atoms with van der Waals surface area (Å²) in [5.41, 5.74) is 1.27. The predicted octanol–water partition coefficient (Wildman–Crippen LogP) is 4.26. The molecule has 88 valence electrons. The minimum absolute atomic E-state index is 1.15. The average Bonchev–Trinajstić information content (AvgIpc) is 2.33. The SMILES string of the molecule is CC[Si](CC)(OC)C(C)=Cc1ccccc1. The first kappa shape index (κ1) is 13.2. The van der Waals surface area contributed by atoms with Gasteiger partial charge in [-0.2, -0.15) is 0 Å². The third-order valence-electron chi connectivity index (χ3n) is 3.43. The quantitative estimate of drug-likeness (QED) is 0.692. The van der Waals surface area contributed by atoms with Crippen LogP contribution in [0.25, 0.3) is 6.08 Å². The van der Waals surface area contributed by atoms with Gasteiger partial charge < -0.3 is 4.43 Å². The van der Waals surface area contributed by atoms with Crippen molar-refractivity contribution < 1.29 is 4.43 Å². The second kappa shape index (κ2) is 6.02. The van der Waals surface area contributed by atoms with Gasteiger partial charge in [0.1, 0.15) is 0 Å². The Labute approximate surface area is 100 Å². The third kappa shape index (κ3) is 2.83. The van der Waals surface area contributed by atoms with Crippen molar-refractivity contribution in [3.8, 4) is 0 Å². The van der Waals surface area contributed by atoms with Crippen molar-refractivity contribution >= 4 is 14.4 Å². The average molecular weight is 234 g/mol. The van der Waals surface area contributed by atoms with E-state index in [2.05, 4.69) is 51.1 Å². The highest BCUT2D eigenvalue weighted by Gasteiger charge is 2.31. The van der Waals surface area contributed by atoms with Gasteiger partial charge in [-0.25, -0.2) is 0 Å². The molecule has 0 fully saturated rings. The Hall–Kier alpha value is -0.863. The molecule has 0 N–H and O–H groups in total. The Morgan fingerprint density at radius 1 is 1.19 bits per heavy atom. The maximum absolute atomic E-state index is 5.84. The first-order valence-corrected chi connectivity index (χ1v) is 8.29. The molecule has 2 heteroatoms. The Balaban J connectivity index is 2.99. The van der Waals surface area contributed by atoms with Crippen molar-refractivity contribution in [1.82, 2.24) is 0 Å². The molecule has 0 spiro atoms. The summed E-state index contributed by atoms with van der Waals surface area (Å²) in [6, 6.07) is 12.8. The van der Waals surface area contributed by atoms with E-state index >= 15 is 0 Å². The number of hydrogen-bond acceptors (Lipinski definition) is 1. The Morgan fingerprint density at radius 3 is 2.19 bits per heavy atom. The lowest BCUT2D eigenvalue weighted by Gasteiger charge is -2.28. The van der Waals surface area contributed by atoms with Gasteiger partial charge in [-0.1, -0.05) is 55.5 Å². The summed E-state index contributed by atoms with van der Waals surface area (Å²) >= 11 is 0. The molecule has 0 atom stereocenters. The highest BCUT2D eigenvalue weighted by molar-refractivity contribution is 6.81. The first-order valence-electron chi connectivity index (χ1n) is 5.97. The molecule has 16 heavy (non-hydrogen) atoms. The number of allylic oxidation sites excluding steroid dienone is 1. The van der Waals surface area contributed by atoms with Crippen molar-refractivity contribution in [3.05, 3.63) is 41.1 Å². The molecule has 0 heterocycles. The summed E-state index contributed by atoms with van der Waals surface area (Å²) < 4.78 is 5.84. The van der Waals surface area contributed by atoms with Crippen LogP contribution in [-0.2, 0) is 4.43 Å². The monoisotopic (exact) mass is 234 g/mol. The Kier molecular flexibility index (Phi) is 4.96. The lowest BCUT2D eigenvalue weighted by atomic mass is 10.2. The van der Waals surface area contributed by atoms with Crippen molar-refractivity contribution in [2.24, 2.45) is 0 Å². The summed E-state index contributed by atoms with van der Waals surface area (Å²) in [6.45, 7) is 6.69. The van der Waals surface area contributed by atoms with E-state index in [1.807, 2.05) is 13.2 Å². The maximum atomic E-state index is 5.84. The van der Waals surface area contributed by atoms with Gasteiger partial charge in [0.25, 0.3) is 0 Å². The van der Waals surface area contributed by atoms with Gasteiger partial charge in [-0.05, 0) is 24.6 Å². The molecule has 0 amide bonds. The lowest BCUT2D eigenvalue weighted by Crippen LogP contribution is -2.37. The van der Waals surface area contributed by atoms with Crippen molar-refractivity contribution in [1.29, 1.82) is 0 Å². The molecule has 1 aromatic carbocycles. The van der Waals surface area contributed by atoms with E-state index in [0.29, 0.717) is 0 Å². The zero-order valence-electron chi connectivity index (χ0n) is 10.8. The van der Waals surface area contributed by atoms with Crippen LogP contribution in [0.2, 0.25) is 12.1 Å². The van der Waals surface area contributed by atoms with E-state index in [0.717, 1.165) is 12.1 Å². The van der Waals surface area contributed by atoms with Crippen molar-refractivity contribution in [2.75, 3.05) is 7.11 Å². The lowest BCUT2D eigenvalue weighted by molar-refractivity contribution is 0.401. The molecule has 0 aliphatic carbocycles. The van der Waals surface area contributed by atoms with E-state index in [9.17, 15) is 0 Å². The zero-order chi connectivity index (χ0) is 12.0. The number of rotatable bonds is 5. The third-order valence-corrected chi connectivity index (χ3v) is 8.08. The van der Waals surface area contributed by atoms with Crippen LogP contribution in [0.15, 0.2) is 35.5 Å². The van der Waals surface area contributed by atoms with E-state index in [1.54, 1.807) is 0 Å². The molecule has 0 unspecified atom stereocenters. The van der Waals surface area contributed by atoms with Crippen molar-refractivity contribution in [3.63, 3.8) is 0 Å². The normalized spacial score (nSPS) is 12.9. The molecule has 0 aliphatic rings. The van der Waals surface area contributed by atoms with Crippen LogP contribution >= 0.6 is 0 Å². The molecule has 0 radical (unpaired) electrons. The molecule has 0 aromatic heterocycles. The molecule has 1 nitrogen and oxygen atoms in total. The van der Waals surface area contributed by atoms with Gasteiger partial charge in [0, 0.05) is 7.11 Å². The van der Waals surface area contributed by atoms with Gasteiger partial charge >= 0.3 is 0 Å². The van der Waals surface area contributed by atoms with E-state index in [4.69, 9.17) is 4.43 Å². The van der Waals surface area contributed by atoms with Crippen LogP contribution in [-0.4, -0.2) is 15.4 Å². The molecule has 0 saturated heterocycles. The minimum atomic E-state index is -1.64. The fourth-order valence-electron chi connectivity index (χ4n) is 2.19. The number of benzene rings is 1. The van der Waals surface area contributed by atoms with Crippen LogP contribution in [0.4, 0.5) is 0 Å². The maximum Gasteiger partial charge on any atom is 0.218 e. The standard InChI is InChI=1S/C14H22OSi/c1-5-16(6-2,15-4)13(3)12-14-10-8-7-9-11-14/h7-12H,5-6H2,1-4H3. The van der Waals surface area contributed by atoms with Crippen LogP contribution < -0.4 is 0 Å². The first-order chi connectivity index (χ1) is 7.68. The van der Waals surface area contributed by atoms with Gasteiger partial charge in [-0.3, -0.25) is 0 Å². The summed E-state index contributed by atoms with van der Waals surface area (Å²) in [7, 11) is 0.220. The van der Waals surface area contributed by atoms with Crippen molar-refractivity contribution in [2.45, 2.75) is 32.9 Å². The molecule has 0 bridgehead atoms. The largest absolute Gasteiger partial charge is 0.416 e. The molecule has 0 saturated carbocycles. The number of hydrogen-bond donors (Lipinski definition) is 0. The summed E-state index contributed by atoms with van der Waals surface area (Å²) in [5, 5.41) is 1.44. The Morgan fingerprint density at radius 2 is 1.75 bits per heavy atom. The molecule has 1 rings (SSSR count). The molecule has 0 aliphatic heterocycles. The topological polar surface area (TPSA) is 9.23 Å². The highest BCUT2D eigenvalue weighted by Crippen LogP contribution is 2.26. The van der Waals surface area contributed by atoms with Crippen LogP contribution in [0.5, 0.6) is 0 Å². The summed E-state index contributed by atoms with van der Waals surface area (Å²) in [4.78, 5) is 0. The summed E-state index contributed by atoms with van der Waals surface area (Å²) in [6.07, 6.45) is 2.28. The second-order valence-electron chi connectivity index (χ2n) is 4.14. The fourth-order valence-corrected chi connectivity index (χ4v) is 5.13. The zero-order valence-corrected chi connectivity index (χ0v) is 11.8. The molecule has 1 aromatic rings. The van der Waals surface area contributed by atoms with Crippen LogP contribution in [0.3, 0.4) is 0 Å². The van der Waals surface area contributed by atoms with E-state index < -0.39 is 8.32 Å². The molecular formula is C14H22OSi. The Bertz CT molecular complexity index is 331. The minimum Gasteiger partial charge on any atom is -0.416 e. The van der Waals surface area contributed by atoms with Gasteiger partial charge in [0.15, 0.2) is 0 Å². The smallest absolute Gasteiger partial charge is 0.218 e. The highest BCUT2D eigenvalue weighted by atomic mass is 28.4. The second-order valence-corrected chi connectivity index (χ2v) is 8.74. The van der Waals surface area contributed by atoms with Gasteiger partial charge in [-0.15, -0.1) is 0 Å². The summed E-state index contributed by atoms with van der Waals surface area (Å²) in [5.74, 6) is 0. The molecular weight excluding hydrogens is 212 g/mol. The van der Waals surface area contributed by atoms with Crippen LogP contribution in [0.1, 0.15) is 26.3 Å². The van der Waals surface area contributed by atoms with Gasteiger partial charge in [0.05, 0.1) is 0 Å².